The van der Waals surface area contributed by atoms with Gasteiger partial charge in [0.1, 0.15) is 0 Å². The summed E-state index contributed by atoms with van der Waals surface area (Å²) in [4.78, 5) is 24.5. The zero-order chi connectivity index (χ0) is 47.2. The summed E-state index contributed by atoms with van der Waals surface area (Å²) >= 11 is 0. The molecular weight excluding hydrogens is 803 g/mol. The molecule has 2 unspecified atom stereocenters. The fourth-order valence-electron chi connectivity index (χ4n) is 9.29. The maximum Gasteiger partial charge on any atom is 0.305 e. The molecular formula is C59H115NO5. The van der Waals surface area contributed by atoms with E-state index in [2.05, 4.69) is 31.3 Å². The number of carbonyl (C=O) groups is 2. The van der Waals surface area contributed by atoms with Crippen LogP contribution in [0.4, 0.5) is 0 Å². The minimum atomic E-state index is -0.695. The number of hydrogen-bond donors (Lipinski definition) is 3. The highest BCUT2D eigenvalue weighted by molar-refractivity contribution is 5.76. The third kappa shape index (κ3) is 51.8. The molecule has 0 aromatic carbocycles. The van der Waals surface area contributed by atoms with E-state index in [-0.39, 0.29) is 18.5 Å². The van der Waals surface area contributed by atoms with E-state index in [4.69, 9.17) is 4.74 Å². The molecule has 0 aromatic rings. The van der Waals surface area contributed by atoms with Crippen molar-refractivity contribution in [1.82, 2.24) is 5.32 Å². The van der Waals surface area contributed by atoms with E-state index >= 15 is 0 Å². The lowest BCUT2D eigenvalue weighted by Crippen LogP contribution is -2.45. The number of hydrogen-bond acceptors (Lipinski definition) is 5. The van der Waals surface area contributed by atoms with E-state index in [0.717, 1.165) is 70.6 Å². The molecule has 386 valence electrons. The van der Waals surface area contributed by atoms with Crippen molar-refractivity contribution in [3.05, 3.63) is 12.2 Å². The van der Waals surface area contributed by atoms with Gasteiger partial charge in [-0.1, -0.05) is 283 Å². The van der Waals surface area contributed by atoms with Crippen molar-refractivity contribution >= 4 is 11.9 Å². The number of carbonyl (C=O) groups excluding carboxylic acids is 2. The van der Waals surface area contributed by atoms with Crippen molar-refractivity contribution in [3.63, 3.8) is 0 Å². The maximum atomic E-state index is 12.5. The molecule has 0 aliphatic carbocycles. The van der Waals surface area contributed by atoms with Gasteiger partial charge in [0.25, 0.3) is 0 Å². The number of esters is 1. The van der Waals surface area contributed by atoms with Gasteiger partial charge in [0.2, 0.25) is 5.91 Å². The fraction of sp³-hybridized carbons (Fsp3) is 0.932. The van der Waals surface area contributed by atoms with Gasteiger partial charge in [-0.25, -0.2) is 0 Å². The topological polar surface area (TPSA) is 95.9 Å². The molecule has 0 rings (SSSR count). The SMILES string of the molecule is CCCCCCCCCCCCCCCCCCCCCCCCCCCC(O)C(CO)NC(=O)CCC/C=C\CCCCCCOC(=O)CCCCCCCCCCCCCCCC. The first-order valence-electron chi connectivity index (χ1n) is 29.4. The molecule has 0 aliphatic heterocycles. The lowest BCUT2D eigenvalue weighted by molar-refractivity contribution is -0.143. The monoisotopic (exact) mass is 918 g/mol. The standard InChI is InChI=1S/C59H115NO5/c1-3-5-7-9-11-13-15-17-19-20-21-22-23-24-25-26-27-28-29-30-32-35-39-43-47-51-57(62)56(55-61)60-58(63)52-48-44-40-36-34-38-42-46-50-54-65-59(64)53-49-45-41-37-33-31-18-16-14-12-10-8-6-4-2/h36,40,56-57,61-62H,3-35,37-39,41-55H2,1-2H3,(H,60,63)/b40-36-. The van der Waals surface area contributed by atoms with Crippen molar-refractivity contribution in [2.75, 3.05) is 13.2 Å². The number of amides is 1. The predicted molar refractivity (Wildman–Crippen MR) is 283 cm³/mol. The molecule has 0 aliphatic rings. The Hall–Kier alpha value is -1.40. The highest BCUT2D eigenvalue weighted by Crippen LogP contribution is 2.18. The first kappa shape index (κ1) is 63.6. The van der Waals surface area contributed by atoms with Gasteiger partial charge < -0.3 is 20.3 Å². The summed E-state index contributed by atoms with van der Waals surface area (Å²) in [5.74, 6) is -0.123. The molecule has 0 saturated heterocycles. The fourth-order valence-corrected chi connectivity index (χ4v) is 9.29. The zero-order valence-electron chi connectivity index (χ0n) is 44.0. The summed E-state index contributed by atoms with van der Waals surface area (Å²) in [6, 6.07) is -0.579. The summed E-state index contributed by atoms with van der Waals surface area (Å²) in [7, 11) is 0. The second kappa shape index (κ2) is 55.2. The summed E-state index contributed by atoms with van der Waals surface area (Å²) in [5, 5.41) is 23.3. The molecule has 1 amide bonds. The molecule has 6 nitrogen and oxygen atoms in total. The predicted octanol–water partition coefficient (Wildman–Crippen LogP) is 18.1. The van der Waals surface area contributed by atoms with Crippen molar-refractivity contribution in [3.8, 4) is 0 Å². The van der Waals surface area contributed by atoms with Gasteiger partial charge in [-0.3, -0.25) is 9.59 Å². The lowest BCUT2D eigenvalue weighted by atomic mass is 10.0. The molecule has 0 fully saturated rings. The highest BCUT2D eigenvalue weighted by Gasteiger charge is 2.20. The summed E-state index contributed by atoms with van der Waals surface area (Å²) in [5.41, 5.74) is 0. The number of ether oxygens (including phenoxy) is 1. The Morgan fingerprint density at radius 3 is 1.12 bits per heavy atom. The molecule has 0 bridgehead atoms. The van der Waals surface area contributed by atoms with Gasteiger partial charge in [0.05, 0.1) is 25.4 Å². The van der Waals surface area contributed by atoms with E-state index in [0.29, 0.717) is 25.9 Å². The molecule has 0 radical (unpaired) electrons. The van der Waals surface area contributed by atoms with Crippen molar-refractivity contribution in [2.45, 2.75) is 341 Å². The Labute approximate surface area is 406 Å². The Morgan fingerprint density at radius 1 is 0.415 bits per heavy atom. The van der Waals surface area contributed by atoms with E-state index in [1.807, 2.05) is 0 Å². The number of unbranched alkanes of at least 4 members (excludes halogenated alkanes) is 42. The van der Waals surface area contributed by atoms with Gasteiger partial charge in [0.15, 0.2) is 0 Å². The van der Waals surface area contributed by atoms with E-state index in [9.17, 15) is 19.8 Å². The quantitative estimate of drug-likeness (QED) is 0.0321. The summed E-state index contributed by atoms with van der Waals surface area (Å²) in [6.07, 6.45) is 65.0. The Kier molecular flexibility index (Phi) is 54.0. The van der Waals surface area contributed by atoms with E-state index in [1.54, 1.807) is 0 Å². The Morgan fingerprint density at radius 2 is 0.738 bits per heavy atom. The van der Waals surface area contributed by atoms with Gasteiger partial charge in [-0.2, -0.15) is 0 Å². The molecule has 6 heteroatoms. The van der Waals surface area contributed by atoms with Crippen LogP contribution in [0.25, 0.3) is 0 Å². The van der Waals surface area contributed by atoms with Gasteiger partial charge >= 0.3 is 5.97 Å². The lowest BCUT2D eigenvalue weighted by Gasteiger charge is -2.22. The molecule has 0 heterocycles. The zero-order valence-corrected chi connectivity index (χ0v) is 44.0. The Balaban J connectivity index is 3.49. The molecule has 2 atom stereocenters. The molecule has 3 N–H and O–H groups in total. The molecule has 0 spiro atoms. The summed E-state index contributed by atoms with van der Waals surface area (Å²) in [6.45, 7) is 4.89. The van der Waals surface area contributed by atoms with Gasteiger partial charge in [0, 0.05) is 12.8 Å². The average molecular weight is 919 g/mol. The third-order valence-corrected chi connectivity index (χ3v) is 13.8. The number of rotatable bonds is 55. The van der Waals surface area contributed by atoms with Crippen molar-refractivity contribution < 1.29 is 24.5 Å². The van der Waals surface area contributed by atoms with Crippen LogP contribution in [0.3, 0.4) is 0 Å². The van der Waals surface area contributed by atoms with Crippen LogP contribution in [0, 0.1) is 0 Å². The van der Waals surface area contributed by atoms with Crippen LogP contribution in [-0.2, 0) is 14.3 Å². The van der Waals surface area contributed by atoms with Crippen LogP contribution in [0.15, 0.2) is 12.2 Å². The minimum absolute atomic E-state index is 0.0321. The second-order valence-electron chi connectivity index (χ2n) is 20.3. The van der Waals surface area contributed by atoms with E-state index in [1.165, 1.54) is 225 Å². The van der Waals surface area contributed by atoms with Crippen LogP contribution >= 0.6 is 0 Å². The normalized spacial score (nSPS) is 12.6. The number of aliphatic hydroxyl groups is 2. The minimum Gasteiger partial charge on any atom is -0.466 e. The van der Waals surface area contributed by atoms with Crippen LogP contribution < -0.4 is 5.32 Å². The average Bonchev–Trinajstić information content (AvgIpc) is 3.31. The van der Waals surface area contributed by atoms with Crippen molar-refractivity contribution in [1.29, 1.82) is 0 Å². The van der Waals surface area contributed by atoms with Crippen LogP contribution in [0.1, 0.15) is 328 Å². The summed E-state index contributed by atoms with van der Waals surface area (Å²) < 4.78 is 5.45. The first-order valence-corrected chi connectivity index (χ1v) is 29.4. The van der Waals surface area contributed by atoms with Crippen LogP contribution in [0.5, 0.6) is 0 Å². The van der Waals surface area contributed by atoms with Crippen LogP contribution in [0.2, 0.25) is 0 Å². The van der Waals surface area contributed by atoms with Gasteiger partial charge in [-0.15, -0.1) is 0 Å². The largest absolute Gasteiger partial charge is 0.466 e. The first-order chi connectivity index (χ1) is 32.0. The Bertz CT molecular complexity index is 970. The number of allylic oxidation sites excluding steroid dienone is 2. The van der Waals surface area contributed by atoms with E-state index < -0.39 is 12.1 Å². The highest BCUT2D eigenvalue weighted by atomic mass is 16.5. The maximum absolute atomic E-state index is 12.5. The third-order valence-electron chi connectivity index (χ3n) is 13.8. The van der Waals surface area contributed by atoms with Crippen molar-refractivity contribution in [2.24, 2.45) is 0 Å². The smallest absolute Gasteiger partial charge is 0.305 e. The number of nitrogens with one attached hydrogen (secondary N) is 1. The molecule has 0 aromatic heterocycles. The van der Waals surface area contributed by atoms with Gasteiger partial charge in [-0.05, 0) is 44.9 Å². The molecule has 65 heavy (non-hydrogen) atoms. The van der Waals surface area contributed by atoms with Crippen LogP contribution in [-0.4, -0.2) is 47.4 Å². The number of aliphatic hydroxyl groups excluding tert-OH is 2. The molecule has 0 saturated carbocycles. The second-order valence-corrected chi connectivity index (χ2v) is 20.3.